The Hall–Kier alpha value is -0.410. The van der Waals surface area contributed by atoms with Crippen molar-refractivity contribution in [1.29, 1.82) is 0 Å². The summed E-state index contributed by atoms with van der Waals surface area (Å²) in [6, 6.07) is 0. The zero-order valence-corrected chi connectivity index (χ0v) is 14.0. The molecular formula is C18H35NO2. The molecule has 1 fully saturated rings. The van der Waals surface area contributed by atoms with Gasteiger partial charge in [0, 0.05) is 19.4 Å². The van der Waals surface area contributed by atoms with Crippen LogP contribution in [0, 0.1) is 0 Å². The van der Waals surface area contributed by atoms with Gasteiger partial charge >= 0.3 is 0 Å². The number of piperidine rings is 1. The zero-order valence-electron chi connectivity index (χ0n) is 14.0. The van der Waals surface area contributed by atoms with Crippen molar-refractivity contribution in [2.24, 2.45) is 0 Å². The first-order chi connectivity index (χ1) is 10.2. The van der Waals surface area contributed by atoms with Crippen molar-refractivity contribution < 1.29 is 9.90 Å². The molecule has 0 aliphatic carbocycles. The maximum atomic E-state index is 11.2. The minimum Gasteiger partial charge on any atom is -0.392 e. The molecular weight excluding hydrogens is 262 g/mol. The van der Waals surface area contributed by atoms with Crippen molar-refractivity contribution in [3.05, 3.63) is 0 Å². The van der Waals surface area contributed by atoms with Crippen LogP contribution in [-0.4, -0.2) is 41.5 Å². The molecule has 0 aromatic heterocycles. The Morgan fingerprint density at radius 2 is 1.67 bits per heavy atom. The number of unbranched alkanes of at least 4 members (excludes halogenated alkanes) is 7. The molecule has 124 valence electrons. The molecule has 0 spiro atoms. The highest BCUT2D eigenvalue weighted by Gasteiger charge is 2.16. The highest BCUT2D eigenvalue weighted by atomic mass is 16.3. The van der Waals surface area contributed by atoms with Crippen molar-refractivity contribution in [1.82, 2.24) is 4.90 Å². The third kappa shape index (κ3) is 10.0. The molecule has 0 bridgehead atoms. The monoisotopic (exact) mass is 297 g/mol. The Bertz CT molecular complexity index is 268. The molecule has 3 heteroatoms. The molecule has 0 aromatic rings. The van der Waals surface area contributed by atoms with Gasteiger partial charge in [-0.3, -0.25) is 4.79 Å². The van der Waals surface area contributed by atoms with E-state index in [-0.39, 0.29) is 6.10 Å². The normalized spacial score (nSPS) is 19.8. The van der Waals surface area contributed by atoms with Gasteiger partial charge in [-0.05, 0) is 38.8 Å². The van der Waals surface area contributed by atoms with Gasteiger partial charge in [0.2, 0.25) is 0 Å². The first-order valence-electron chi connectivity index (χ1n) is 9.14. The third-order valence-corrected chi connectivity index (χ3v) is 4.55. The van der Waals surface area contributed by atoms with Crippen LogP contribution in [-0.2, 0) is 4.79 Å². The molecule has 21 heavy (non-hydrogen) atoms. The molecule has 1 unspecified atom stereocenters. The predicted octanol–water partition coefficient (Wildman–Crippen LogP) is 3.93. The first kappa shape index (κ1) is 18.6. The first-order valence-corrected chi connectivity index (χ1v) is 9.14. The second-order valence-corrected chi connectivity index (χ2v) is 6.57. The maximum Gasteiger partial charge on any atom is 0.132 e. The van der Waals surface area contributed by atoms with E-state index in [9.17, 15) is 9.90 Å². The van der Waals surface area contributed by atoms with E-state index < -0.39 is 0 Å². The minimum atomic E-state index is -0.0849. The van der Waals surface area contributed by atoms with Crippen molar-refractivity contribution in [2.45, 2.75) is 90.1 Å². The minimum absolute atomic E-state index is 0.0849. The number of carbonyl (C=O) groups is 1. The fraction of sp³-hybridized carbons (Fsp3) is 0.944. The van der Waals surface area contributed by atoms with Gasteiger partial charge in [-0.2, -0.15) is 0 Å². The Labute approximate surface area is 131 Å². The molecule has 3 nitrogen and oxygen atoms in total. The van der Waals surface area contributed by atoms with Gasteiger partial charge in [0.15, 0.2) is 0 Å². The third-order valence-electron chi connectivity index (χ3n) is 4.55. The summed E-state index contributed by atoms with van der Waals surface area (Å²) in [6.07, 6.45) is 13.7. The molecule has 0 radical (unpaired) electrons. The summed E-state index contributed by atoms with van der Waals surface area (Å²) in [5.41, 5.74) is 0. The number of ketones is 1. The van der Waals surface area contributed by atoms with E-state index in [1.807, 2.05) is 6.92 Å². The maximum absolute atomic E-state index is 11.2. The van der Waals surface area contributed by atoms with E-state index in [4.69, 9.17) is 0 Å². The molecule has 1 saturated heterocycles. The number of β-amino-alcohol motifs (C(OH)–C–C–N with tert-alkyl or cyclic N) is 1. The van der Waals surface area contributed by atoms with Crippen LogP contribution < -0.4 is 0 Å². The van der Waals surface area contributed by atoms with Crippen molar-refractivity contribution in [2.75, 3.05) is 19.6 Å². The lowest BCUT2D eigenvalue weighted by Gasteiger charge is -2.29. The molecule has 1 rings (SSSR count). The summed E-state index contributed by atoms with van der Waals surface area (Å²) in [5, 5.41) is 9.61. The number of carbonyl (C=O) groups excluding carboxylic acids is 1. The van der Waals surface area contributed by atoms with Crippen LogP contribution in [0.3, 0.4) is 0 Å². The lowest BCUT2D eigenvalue weighted by atomic mass is 10.0. The van der Waals surface area contributed by atoms with Crippen LogP contribution in [0.15, 0.2) is 0 Å². The van der Waals surface area contributed by atoms with E-state index in [0.717, 1.165) is 38.8 Å². The summed E-state index contributed by atoms with van der Waals surface area (Å²) in [4.78, 5) is 13.6. The van der Waals surface area contributed by atoms with Gasteiger partial charge in [0.1, 0.15) is 5.78 Å². The van der Waals surface area contributed by atoms with Gasteiger partial charge in [-0.15, -0.1) is 0 Å². The van der Waals surface area contributed by atoms with Gasteiger partial charge < -0.3 is 10.0 Å². The van der Waals surface area contributed by atoms with E-state index >= 15 is 0 Å². The van der Waals surface area contributed by atoms with Gasteiger partial charge in [0.05, 0.1) is 6.10 Å². The molecule has 1 aliphatic rings. The van der Waals surface area contributed by atoms with Gasteiger partial charge in [-0.25, -0.2) is 0 Å². The van der Waals surface area contributed by atoms with E-state index in [1.54, 1.807) is 0 Å². The van der Waals surface area contributed by atoms with E-state index in [1.165, 1.54) is 51.5 Å². The highest BCUT2D eigenvalue weighted by molar-refractivity contribution is 5.77. The molecule has 1 atom stereocenters. The largest absolute Gasteiger partial charge is 0.392 e. The highest BCUT2D eigenvalue weighted by Crippen LogP contribution is 2.13. The number of hydrogen-bond acceptors (Lipinski definition) is 3. The lowest BCUT2D eigenvalue weighted by Crippen LogP contribution is -2.38. The zero-order chi connectivity index (χ0) is 15.3. The second kappa shape index (κ2) is 12.2. The summed E-state index contributed by atoms with van der Waals surface area (Å²) in [5.74, 6) is 0.415. The van der Waals surface area contributed by atoms with Gasteiger partial charge in [-0.1, -0.05) is 45.4 Å². The smallest absolute Gasteiger partial charge is 0.132 e. The van der Waals surface area contributed by atoms with E-state index in [0.29, 0.717) is 12.2 Å². The molecule has 1 heterocycles. The van der Waals surface area contributed by atoms with Crippen molar-refractivity contribution >= 4 is 5.78 Å². The summed E-state index contributed by atoms with van der Waals surface area (Å²) in [7, 11) is 0. The Morgan fingerprint density at radius 3 is 2.29 bits per heavy atom. The quantitative estimate of drug-likeness (QED) is 0.555. The van der Waals surface area contributed by atoms with Crippen LogP contribution in [0.5, 0.6) is 0 Å². The van der Waals surface area contributed by atoms with Gasteiger partial charge in [0.25, 0.3) is 0 Å². The average Bonchev–Trinajstić information content (AvgIpc) is 2.49. The van der Waals surface area contributed by atoms with Crippen LogP contribution in [0.2, 0.25) is 0 Å². The Kier molecular flexibility index (Phi) is 10.8. The predicted molar refractivity (Wildman–Crippen MR) is 88.5 cm³/mol. The number of aliphatic hydroxyl groups is 1. The SMILES string of the molecule is CCC(=O)CCCCCCCCCCN1CCCC(O)C1. The number of Topliss-reactive ketones (excluding diaryl/α,β-unsaturated/α-hetero) is 1. The van der Waals surface area contributed by atoms with Crippen LogP contribution in [0.25, 0.3) is 0 Å². The molecule has 1 aliphatic heterocycles. The number of aliphatic hydroxyl groups excluding tert-OH is 1. The van der Waals surface area contributed by atoms with Crippen molar-refractivity contribution in [3.8, 4) is 0 Å². The number of rotatable bonds is 12. The van der Waals surface area contributed by atoms with Crippen LogP contribution in [0.1, 0.15) is 84.0 Å². The van der Waals surface area contributed by atoms with Crippen LogP contribution in [0.4, 0.5) is 0 Å². The second-order valence-electron chi connectivity index (χ2n) is 6.57. The molecule has 0 aromatic carbocycles. The lowest BCUT2D eigenvalue weighted by molar-refractivity contribution is -0.118. The molecule has 0 amide bonds. The fourth-order valence-electron chi connectivity index (χ4n) is 3.13. The van der Waals surface area contributed by atoms with Crippen molar-refractivity contribution in [3.63, 3.8) is 0 Å². The summed E-state index contributed by atoms with van der Waals surface area (Å²) >= 11 is 0. The summed E-state index contributed by atoms with van der Waals surface area (Å²) < 4.78 is 0. The average molecular weight is 297 g/mol. The standard InChI is InChI=1S/C18H35NO2/c1-2-17(20)12-9-7-5-3-4-6-8-10-14-19-15-11-13-18(21)16-19/h18,21H,2-16H2,1H3. The van der Waals surface area contributed by atoms with Crippen LogP contribution >= 0.6 is 0 Å². The Balaban J connectivity index is 1.79. The summed E-state index contributed by atoms with van der Waals surface area (Å²) in [6.45, 7) is 5.17. The number of nitrogens with zero attached hydrogens (tertiary/aromatic N) is 1. The number of hydrogen-bond donors (Lipinski definition) is 1. The Morgan fingerprint density at radius 1 is 1.05 bits per heavy atom. The molecule has 1 N–H and O–H groups in total. The molecule has 0 saturated carbocycles. The number of likely N-dealkylation sites (tertiary alicyclic amines) is 1. The topological polar surface area (TPSA) is 40.5 Å². The fourth-order valence-corrected chi connectivity index (χ4v) is 3.13. The van der Waals surface area contributed by atoms with E-state index in [2.05, 4.69) is 4.90 Å².